The minimum atomic E-state index is -3.18. The molecule has 9 aromatic carbocycles. The number of fused-ring (bicyclic) bond motifs is 15. The molecule has 326 valence electrons. The molecule has 10 heteroatoms. The number of aromatic nitrogens is 8. The normalized spacial score (nSPS) is 13.3. The van der Waals surface area contributed by atoms with Crippen molar-refractivity contribution in [1.29, 1.82) is 0 Å². The monoisotopic (exact) mass is 923 g/mol. The first-order chi connectivity index (χ1) is 35.3. The van der Waals surface area contributed by atoms with Gasteiger partial charge in [-0.05, 0) is 118 Å². The molecule has 0 aliphatic rings. The van der Waals surface area contributed by atoms with Crippen molar-refractivity contribution in [1.82, 2.24) is 37.3 Å². The fourth-order valence-electron chi connectivity index (χ4n) is 11.4. The summed E-state index contributed by atoms with van der Waals surface area (Å²) in [4.78, 5) is 16.7. The summed E-state index contributed by atoms with van der Waals surface area (Å²) in [6, 6.07) is 72.7. The molecule has 15 aromatic rings. The second-order valence-corrected chi connectivity index (χ2v) is 22.7. The molecular weight excluding hydrogens is 881 g/mol. The second-order valence-electron chi connectivity index (χ2n) is 18.0. The van der Waals surface area contributed by atoms with E-state index in [1.165, 1.54) is 25.4 Å². The molecule has 8 nitrogen and oxygen atoms in total. The van der Waals surface area contributed by atoms with Crippen molar-refractivity contribution < 1.29 is 4.11 Å². The first kappa shape index (κ1) is 35.6. The zero-order valence-corrected chi connectivity index (χ0v) is 38.9. The van der Waals surface area contributed by atoms with Gasteiger partial charge in [0.15, 0.2) is 13.0 Å². The highest BCUT2D eigenvalue weighted by Crippen LogP contribution is 2.36. The molecular formula is C59H40N8SSi. The number of thiazole rings is 1. The quantitative estimate of drug-likeness (QED) is 0.123. The fraction of sp³-hybridized carbons (Fsp3) is 0.0339. The summed E-state index contributed by atoms with van der Waals surface area (Å²) in [6.45, 7) is -0.356. The summed E-state index contributed by atoms with van der Waals surface area (Å²) in [6.07, 6.45) is 0. The van der Waals surface area contributed by atoms with Crippen LogP contribution >= 0.6 is 11.3 Å². The molecule has 0 atom stereocenters. The number of hydrogen-bond donors (Lipinski definition) is 0. The summed E-state index contributed by atoms with van der Waals surface area (Å²) in [5, 5.41) is 5.00. The zero-order chi connectivity index (χ0) is 48.0. The van der Waals surface area contributed by atoms with Gasteiger partial charge in [-0.25, -0.2) is 15.0 Å². The van der Waals surface area contributed by atoms with Crippen molar-refractivity contribution in [2.45, 2.75) is 13.8 Å². The Balaban J connectivity index is 1.02. The van der Waals surface area contributed by atoms with Crippen LogP contribution < -0.4 is 20.7 Å². The molecule has 6 aromatic heterocycles. The molecule has 6 heterocycles. The summed E-state index contributed by atoms with van der Waals surface area (Å²) < 4.78 is 39.2. The summed E-state index contributed by atoms with van der Waals surface area (Å²) in [7, 11) is -3.18. The third-order valence-electron chi connectivity index (χ3n) is 14.3. The van der Waals surface area contributed by atoms with E-state index in [2.05, 4.69) is 193 Å². The Morgan fingerprint density at radius 2 is 0.986 bits per heavy atom. The summed E-state index contributed by atoms with van der Waals surface area (Å²) in [5.74, 6) is 1.32. The maximum Gasteiger partial charge on any atom is 0.220 e. The topological polar surface area (TPSA) is 61.8 Å². The van der Waals surface area contributed by atoms with Gasteiger partial charge in [0.25, 0.3) is 0 Å². The second kappa shape index (κ2) is 14.2. The molecule has 69 heavy (non-hydrogen) atoms. The smallest absolute Gasteiger partial charge is 0.220 e. The van der Waals surface area contributed by atoms with Crippen LogP contribution in [-0.4, -0.2) is 45.4 Å². The van der Waals surface area contributed by atoms with Crippen LogP contribution in [0.5, 0.6) is 0 Å². The number of imidazole rings is 5. The lowest BCUT2D eigenvalue weighted by molar-refractivity contribution is 1.10. The largest absolute Gasteiger partial charge is 0.283 e. The predicted octanol–water partition coefficient (Wildman–Crippen LogP) is 11.2. The first-order valence-corrected chi connectivity index (χ1v) is 25.9. The Labute approximate surface area is 404 Å². The molecule has 0 saturated heterocycles. The highest BCUT2D eigenvalue weighted by molar-refractivity contribution is 7.29. The molecule has 0 N–H and O–H groups in total. The van der Waals surface area contributed by atoms with Gasteiger partial charge < -0.3 is 0 Å². The Morgan fingerprint density at radius 1 is 0.420 bits per heavy atom. The minimum absolute atomic E-state index is 0.174. The van der Waals surface area contributed by atoms with Crippen LogP contribution in [-0.2, 0) is 0 Å². The Kier molecular flexibility index (Phi) is 7.34. The van der Waals surface area contributed by atoms with Crippen LogP contribution in [0.15, 0.2) is 206 Å². The van der Waals surface area contributed by atoms with E-state index in [1.54, 1.807) is 17.4 Å². The van der Waals surface area contributed by atoms with E-state index in [0.717, 1.165) is 65.9 Å². The Hall–Kier alpha value is -8.57. The number of aryl methyl sites for hydroxylation is 2. The maximum absolute atomic E-state index is 9.02. The zero-order valence-electron chi connectivity index (χ0n) is 40.1. The van der Waals surface area contributed by atoms with E-state index < -0.39 is 14.9 Å². The third-order valence-corrected chi connectivity index (χ3v) is 20.4. The van der Waals surface area contributed by atoms with Gasteiger partial charge in [-0.15, -0.1) is 0 Å². The molecule has 0 bridgehead atoms. The lowest BCUT2D eigenvalue weighted by Crippen LogP contribution is -2.74. The van der Waals surface area contributed by atoms with Crippen molar-refractivity contribution in [3.05, 3.63) is 217 Å². The highest BCUT2D eigenvalue weighted by Gasteiger charge is 2.43. The van der Waals surface area contributed by atoms with E-state index in [4.69, 9.17) is 19.1 Å². The minimum Gasteiger partial charge on any atom is -0.283 e. The number of hydrogen-bond acceptors (Lipinski definition) is 4. The molecule has 0 radical (unpaired) electrons. The van der Waals surface area contributed by atoms with Crippen LogP contribution in [0.1, 0.15) is 15.2 Å². The van der Waals surface area contributed by atoms with Crippen LogP contribution in [0.2, 0.25) is 0 Å². The van der Waals surface area contributed by atoms with Gasteiger partial charge in [0.1, 0.15) is 0 Å². The number of nitrogens with zero attached hydrogens (tertiary/aromatic N) is 8. The molecule has 0 spiro atoms. The average molecular weight is 924 g/mol. The van der Waals surface area contributed by atoms with Crippen molar-refractivity contribution in [3.8, 4) is 11.4 Å². The Bertz CT molecular complexity index is 4670. The van der Waals surface area contributed by atoms with E-state index in [-0.39, 0.29) is 5.56 Å². The molecule has 0 aliphatic carbocycles. The van der Waals surface area contributed by atoms with Crippen LogP contribution in [0.3, 0.4) is 0 Å². The van der Waals surface area contributed by atoms with E-state index in [9.17, 15) is 0 Å². The fourth-order valence-corrected chi connectivity index (χ4v) is 17.9. The molecule has 0 unspecified atom stereocenters. The highest BCUT2D eigenvalue weighted by atomic mass is 32.1. The van der Waals surface area contributed by atoms with E-state index in [1.807, 2.05) is 36.4 Å². The van der Waals surface area contributed by atoms with Crippen molar-refractivity contribution in [2.24, 2.45) is 0 Å². The first-order valence-electron chi connectivity index (χ1n) is 24.6. The van der Waals surface area contributed by atoms with Gasteiger partial charge in [0, 0.05) is 9.80 Å². The summed E-state index contributed by atoms with van der Waals surface area (Å²) in [5.41, 5.74) is 12.9. The number of rotatable bonds is 6. The molecule has 0 amide bonds. The lowest BCUT2D eigenvalue weighted by Gasteiger charge is -2.35. The van der Waals surface area contributed by atoms with Gasteiger partial charge >= 0.3 is 0 Å². The third kappa shape index (κ3) is 5.18. The van der Waals surface area contributed by atoms with Crippen LogP contribution in [0.25, 0.3) is 93.3 Å². The van der Waals surface area contributed by atoms with Crippen molar-refractivity contribution >= 4 is 122 Å². The maximum atomic E-state index is 9.02. The molecule has 0 saturated carbocycles. The lowest BCUT2D eigenvalue weighted by atomic mass is 10.1. The average Bonchev–Trinajstić information content (AvgIpc) is 4.25. The molecule has 15 rings (SSSR count). The van der Waals surface area contributed by atoms with Crippen LogP contribution in [0.4, 0.5) is 0 Å². The number of para-hydroxylation sites is 7. The standard InChI is InChI=1S/C59H40N8SSi/c1-37-18-15-31-50-54(37)62-59-67(50)51-32-17-33-53(56(51)68-59)69(41-20-5-3-6-21-41,42-22-7-4-8-23-42)43-24-16-19-39(35-43)63-46-27-11-14-30-49(46)66-52-36-40(34-38(2)55(52)61-58(63)66)64-47-28-12-13-29-48(47)65-45-26-10-9-25-44(45)60-57(64)65/h3-36H,1-2H3/i2D3. The van der Waals surface area contributed by atoms with Gasteiger partial charge in [0.2, 0.25) is 11.6 Å². The van der Waals surface area contributed by atoms with Crippen LogP contribution in [0, 0.1) is 13.8 Å². The SMILES string of the molecule is [2H]C([2H])([2H])c1cc(-n2c3ccccc3n3c4ccccc4nc23)cc2c1nc1n(-c3cccc([Si](c4ccccc4)(c4ccccc4)c4cccc5c4sc4nc6c(C)cccc6n45)c3)c3ccccc3n21. The van der Waals surface area contributed by atoms with E-state index >= 15 is 0 Å². The summed E-state index contributed by atoms with van der Waals surface area (Å²) >= 11 is 1.76. The van der Waals surface area contributed by atoms with E-state index in [0.29, 0.717) is 28.3 Å². The number of benzene rings is 9. The predicted molar refractivity (Wildman–Crippen MR) is 287 cm³/mol. The van der Waals surface area contributed by atoms with Crippen molar-refractivity contribution in [3.63, 3.8) is 0 Å². The van der Waals surface area contributed by atoms with Gasteiger partial charge in [-0.1, -0.05) is 145 Å². The Morgan fingerprint density at radius 3 is 1.72 bits per heavy atom. The molecule has 0 fully saturated rings. The van der Waals surface area contributed by atoms with Gasteiger partial charge in [-0.3, -0.25) is 22.3 Å². The molecule has 0 aliphatic heterocycles. The van der Waals surface area contributed by atoms with Gasteiger partial charge in [0.05, 0.1) is 71.1 Å². The van der Waals surface area contributed by atoms with Crippen molar-refractivity contribution in [2.75, 3.05) is 0 Å². The van der Waals surface area contributed by atoms with Gasteiger partial charge in [-0.2, -0.15) is 0 Å².